The van der Waals surface area contributed by atoms with Crippen molar-refractivity contribution in [3.05, 3.63) is 65.5 Å². The van der Waals surface area contributed by atoms with E-state index in [0.29, 0.717) is 5.75 Å². The Balaban J connectivity index is 1.88. The Bertz CT molecular complexity index is 666. The van der Waals surface area contributed by atoms with Crippen LogP contribution in [0.5, 0.6) is 0 Å². The van der Waals surface area contributed by atoms with Crippen molar-refractivity contribution in [2.75, 3.05) is 5.75 Å². The molecule has 0 saturated carbocycles. The largest absolute Gasteiger partial charge is 0.320 e. The Morgan fingerprint density at radius 2 is 2.14 bits per heavy atom. The summed E-state index contributed by atoms with van der Waals surface area (Å²) in [6.07, 6.45) is 1.65. The lowest BCUT2D eigenvalue weighted by Gasteiger charge is -2.23. The van der Waals surface area contributed by atoms with Crippen LogP contribution in [0.4, 0.5) is 8.78 Å². The predicted molar refractivity (Wildman–Crippen MR) is 76.3 cm³/mol. The highest BCUT2D eigenvalue weighted by molar-refractivity contribution is 8.00. The zero-order chi connectivity index (χ0) is 14.8. The number of aromatic nitrogens is 1. The molecule has 1 fully saturated rings. The number of thioether (sulfide) groups is 1. The number of hydrogen-bond acceptors (Lipinski definition) is 3. The molecular formula is C15H12F2N2OS. The highest BCUT2D eigenvalue weighted by atomic mass is 32.2. The minimum Gasteiger partial charge on any atom is -0.320 e. The molecule has 2 heterocycles. The lowest BCUT2D eigenvalue weighted by Crippen LogP contribution is -2.28. The van der Waals surface area contributed by atoms with E-state index in [1.807, 2.05) is 12.1 Å². The summed E-state index contributed by atoms with van der Waals surface area (Å²) in [6.45, 7) is 0.0384. The van der Waals surface area contributed by atoms with E-state index in [0.717, 1.165) is 23.9 Å². The van der Waals surface area contributed by atoms with Crippen LogP contribution in [-0.2, 0) is 11.3 Å². The Morgan fingerprint density at radius 3 is 2.90 bits per heavy atom. The summed E-state index contributed by atoms with van der Waals surface area (Å²) < 4.78 is 27.0. The topological polar surface area (TPSA) is 33.2 Å². The van der Waals surface area contributed by atoms with E-state index in [1.54, 1.807) is 12.3 Å². The molecule has 3 nitrogen and oxygen atoms in total. The van der Waals surface area contributed by atoms with Gasteiger partial charge in [0.2, 0.25) is 5.91 Å². The van der Waals surface area contributed by atoms with E-state index < -0.39 is 11.6 Å². The number of nitrogens with zero attached hydrogens (tertiary/aromatic N) is 2. The number of hydrogen-bond donors (Lipinski definition) is 0. The molecule has 1 saturated heterocycles. The number of amides is 1. The van der Waals surface area contributed by atoms with E-state index in [4.69, 9.17) is 0 Å². The smallest absolute Gasteiger partial charge is 0.234 e. The molecule has 108 valence electrons. The van der Waals surface area contributed by atoms with E-state index in [9.17, 15) is 13.6 Å². The molecule has 6 heteroatoms. The lowest BCUT2D eigenvalue weighted by molar-refractivity contribution is -0.128. The summed E-state index contributed by atoms with van der Waals surface area (Å²) >= 11 is 1.44. The van der Waals surface area contributed by atoms with Gasteiger partial charge in [-0.2, -0.15) is 0 Å². The molecule has 2 aromatic rings. The van der Waals surface area contributed by atoms with Crippen LogP contribution < -0.4 is 0 Å². The van der Waals surface area contributed by atoms with Gasteiger partial charge in [-0.25, -0.2) is 8.78 Å². The molecule has 1 amide bonds. The van der Waals surface area contributed by atoms with Crippen LogP contribution in [0.3, 0.4) is 0 Å². The van der Waals surface area contributed by atoms with E-state index in [2.05, 4.69) is 4.98 Å². The monoisotopic (exact) mass is 306 g/mol. The van der Waals surface area contributed by atoms with Crippen molar-refractivity contribution in [3.8, 4) is 0 Å². The van der Waals surface area contributed by atoms with Crippen LogP contribution in [0, 0.1) is 11.6 Å². The first-order valence-electron chi connectivity index (χ1n) is 6.41. The van der Waals surface area contributed by atoms with Crippen LogP contribution in [0.1, 0.15) is 16.6 Å². The Morgan fingerprint density at radius 1 is 1.29 bits per heavy atom. The summed E-state index contributed by atoms with van der Waals surface area (Å²) in [7, 11) is 0. The van der Waals surface area contributed by atoms with Gasteiger partial charge in [0, 0.05) is 11.8 Å². The van der Waals surface area contributed by atoms with Crippen LogP contribution in [-0.4, -0.2) is 21.5 Å². The predicted octanol–water partition coefficient (Wildman–Crippen LogP) is 3.13. The summed E-state index contributed by atoms with van der Waals surface area (Å²) in [5, 5.41) is -0.263. The Hall–Kier alpha value is -1.95. The first kappa shape index (κ1) is 14.0. The van der Waals surface area contributed by atoms with E-state index in [1.165, 1.54) is 16.7 Å². The molecule has 0 bridgehead atoms. The minimum absolute atomic E-state index is 0.0384. The van der Waals surface area contributed by atoms with Crippen molar-refractivity contribution >= 4 is 17.7 Å². The number of rotatable bonds is 3. The maximum atomic E-state index is 13.8. The van der Waals surface area contributed by atoms with Gasteiger partial charge in [-0.15, -0.1) is 11.8 Å². The van der Waals surface area contributed by atoms with E-state index >= 15 is 0 Å². The van der Waals surface area contributed by atoms with Crippen molar-refractivity contribution in [2.24, 2.45) is 0 Å². The van der Waals surface area contributed by atoms with Crippen LogP contribution in [0.15, 0.2) is 42.6 Å². The third kappa shape index (κ3) is 2.90. The molecule has 1 aliphatic rings. The van der Waals surface area contributed by atoms with Crippen LogP contribution in [0.2, 0.25) is 0 Å². The van der Waals surface area contributed by atoms with Gasteiger partial charge in [0.15, 0.2) is 0 Å². The maximum absolute atomic E-state index is 13.8. The number of benzene rings is 1. The Labute approximate surface area is 125 Å². The normalized spacial score (nSPS) is 18.3. The second-order valence-electron chi connectivity index (χ2n) is 4.68. The van der Waals surface area contributed by atoms with Gasteiger partial charge in [-0.1, -0.05) is 6.07 Å². The molecule has 0 N–H and O–H groups in total. The van der Waals surface area contributed by atoms with Crippen LogP contribution in [0.25, 0.3) is 0 Å². The molecule has 21 heavy (non-hydrogen) atoms. The van der Waals surface area contributed by atoms with Crippen LogP contribution >= 0.6 is 11.8 Å². The maximum Gasteiger partial charge on any atom is 0.234 e. The highest BCUT2D eigenvalue weighted by Gasteiger charge is 2.34. The van der Waals surface area contributed by atoms with Gasteiger partial charge in [-0.3, -0.25) is 9.78 Å². The molecule has 1 atom stereocenters. The van der Waals surface area contributed by atoms with Crippen molar-refractivity contribution < 1.29 is 13.6 Å². The SMILES string of the molecule is O=C1CSC(c2ccccn2)N1Cc1cc(F)ccc1F. The average molecular weight is 306 g/mol. The summed E-state index contributed by atoms with van der Waals surface area (Å²) in [4.78, 5) is 17.8. The fraction of sp³-hybridized carbons (Fsp3) is 0.200. The fourth-order valence-electron chi connectivity index (χ4n) is 2.24. The zero-order valence-electron chi connectivity index (χ0n) is 11.0. The standard InChI is InChI=1S/C15H12F2N2OS/c16-11-4-5-12(17)10(7-11)8-19-14(20)9-21-15(19)13-3-1-2-6-18-13/h1-7,15H,8-9H2. The van der Waals surface area contributed by atoms with Gasteiger partial charge in [0.1, 0.15) is 17.0 Å². The molecule has 0 radical (unpaired) electrons. The minimum atomic E-state index is -0.514. The van der Waals surface area contributed by atoms with E-state index in [-0.39, 0.29) is 23.4 Å². The summed E-state index contributed by atoms with van der Waals surface area (Å²) in [5.74, 6) is -0.807. The molecule has 1 unspecified atom stereocenters. The molecule has 3 rings (SSSR count). The van der Waals surface area contributed by atoms with Gasteiger partial charge >= 0.3 is 0 Å². The van der Waals surface area contributed by atoms with Crippen molar-refractivity contribution in [2.45, 2.75) is 11.9 Å². The third-order valence-electron chi connectivity index (χ3n) is 3.26. The molecule has 1 aliphatic heterocycles. The second-order valence-corrected chi connectivity index (χ2v) is 5.74. The first-order valence-corrected chi connectivity index (χ1v) is 7.46. The van der Waals surface area contributed by atoms with Crippen molar-refractivity contribution in [1.29, 1.82) is 0 Å². The fourth-order valence-corrected chi connectivity index (χ4v) is 3.39. The molecule has 1 aromatic carbocycles. The van der Waals surface area contributed by atoms with Crippen molar-refractivity contribution in [3.63, 3.8) is 0 Å². The quantitative estimate of drug-likeness (QED) is 0.873. The van der Waals surface area contributed by atoms with Gasteiger partial charge in [0.25, 0.3) is 0 Å². The summed E-state index contributed by atoms with van der Waals surface area (Å²) in [5.41, 5.74) is 0.914. The average Bonchev–Trinajstić information content (AvgIpc) is 2.85. The highest BCUT2D eigenvalue weighted by Crippen LogP contribution is 2.38. The summed E-state index contributed by atoms with van der Waals surface area (Å²) in [6, 6.07) is 8.73. The number of carbonyl (C=O) groups is 1. The molecule has 0 spiro atoms. The number of halogens is 2. The van der Waals surface area contributed by atoms with Gasteiger partial charge < -0.3 is 4.90 Å². The molecular weight excluding hydrogens is 294 g/mol. The van der Waals surface area contributed by atoms with Gasteiger partial charge in [0.05, 0.1) is 18.0 Å². The first-order chi connectivity index (χ1) is 10.1. The zero-order valence-corrected chi connectivity index (χ0v) is 11.8. The Kier molecular flexibility index (Phi) is 3.88. The molecule has 0 aliphatic carbocycles. The van der Waals surface area contributed by atoms with Gasteiger partial charge in [-0.05, 0) is 30.3 Å². The molecule has 1 aromatic heterocycles. The number of pyridine rings is 1. The lowest BCUT2D eigenvalue weighted by atomic mass is 10.2. The number of carbonyl (C=O) groups excluding carboxylic acids is 1. The third-order valence-corrected chi connectivity index (χ3v) is 4.48. The second kappa shape index (κ2) is 5.81. The van der Waals surface area contributed by atoms with Crippen molar-refractivity contribution in [1.82, 2.24) is 9.88 Å².